The van der Waals surface area contributed by atoms with E-state index in [1.54, 1.807) is 0 Å². The number of nitrogen functional groups attached to an aromatic ring is 1. The zero-order chi connectivity index (χ0) is 14.8. The molecule has 0 radical (unpaired) electrons. The Balaban J connectivity index is 2.27. The molecule has 1 aromatic rings. The van der Waals surface area contributed by atoms with Crippen LogP contribution in [0.5, 0.6) is 5.75 Å². The summed E-state index contributed by atoms with van der Waals surface area (Å²) in [6.45, 7) is 6.55. The van der Waals surface area contributed by atoms with Crippen molar-refractivity contribution in [3.05, 3.63) is 23.8 Å². The highest BCUT2D eigenvalue weighted by Gasteiger charge is 2.01. The number of hydrogen-bond acceptors (Lipinski definition) is 4. The van der Waals surface area contributed by atoms with E-state index in [9.17, 15) is 4.79 Å². The number of nitrogens with one attached hydrogen (secondary N) is 2. The van der Waals surface area contributed by atoms with Crippen LogP contribution in [-0.2, 0) is 11.2 Å². The smallest absolute Gasteiger partial charge is 0.216 e. The van der Waals surface area contributed by atoms with Gasteiger partial charge in [0.05, 0.1) is 12.3 Å². The van der Waals surface area contributed by atoms with Crippen LogP contribution in [-0.4, -0.2) is 32.1 Å². The van der Waals surface area contributed by atoms with Crippen LogP contribution in [0.1, 0.15) is 25.8 Å². The molecule has 1 aromatic carbocycles. The molecular formula is C15H25N3O2. The van der Waals surface area contributed by atoms with Gasteiger partial charge in [0.25, 0.3) is 0 Å². The number of rotatable bonds is 9. The van der Waals surface area contributed by atoms with Gasteiger partial charge in [0.2, 0.25) is 5.91 Å². The third-order valence-corrected chi connectivity index (χ3v) is 2.80. The first-order chi connectivity index (χ1) is 9.63. The summed E-state index contributed by atoms with van der Waals surface area (Å²) in [6.07, 6.45) is 1.87. The van der Waals surface area contributed by atoms with Gasteiger partial charge in [0.1, 0.15) is 5.75 Å². The molecule has 0 aromatic heterocycles. The second kappa shape index (κ2) is 9.20. The Labute approximate surface area is 120 Å². The molecule has 0 aliphatic carbocycles. The summed E-state index contributed by atoms with van der Waals surface area (Å²) in [6, 6.07) is 5.93. The Morgan fingerprint density at radius 2 is 2.10 bits per heavy atom. The minimum atomic E-state index is 0.00208. The van der Waals surface area contributed by atoms with Gasteiger partial charge in [-0.3, -0.25) is 4.79 Å². The quantitative estimate of drug-likeness (QED) is 0.471. The average Bonchev–Trinajstić information content (AvgIpc) is 2.41. The number of hydrogen-bond donors (Lipinski definition) is 3. The lowest BCUT2D eigenvalue weighted by molar-refractivity contribution is -0.118. The molecular weight excluding hydrogens is 254 g/mol. The van der Waals surface area contributed by atoms with Gasteiger partial charge in [-0.25, -0.2) is 0 Å². The van der Waals surface area contributed by atoms with Crippen LogP contribution < -0.4 is 21.1 Å². The minimum Gasteiger partial charge on any atom is -0.491 e. The summed E-state index contributed by atoms with van der Waals surface area (Å²) in [4.78, 5) is 10.7. The monoisotopic (exact) mass is 279 g/mol. The summed E-state index contributed by atoms with van der Waals surface area (Å²) < 4.78 is 5.54. The van der Waals surface area contributed by atoms with Gasteiger partial charge in [-0.2, -0.15) is 0 Å². The van der Waals surface area contributed by atoms with Crippen molar-refractivity contribution in [2.45, 2.75) is 26.7 Å². The standard InChI is InChI=1S/C15H25N3O2/c1-3-10-20-15-5-4-13(11-14(15)16)6-7-17-8-9-18-12(2)19/h4-5,11,17H,3,6-10,16H2,1-2H3,(H,18,19). The van der Waals surface area contributed by atoms with E-state index in [0.717, 1.165) is 31.7 Å². The zero-order valence-electron chi connectivity index (χ0n) is 12.4. The molecule has 4 N–H and O–H groups in total. The molecule has 0 aliphatic rings. The SMILES string of the molecule is CCCOc1ccc(CCNCCNC(C)=O)cc1N. The highest BCUT2D eigenvalue weighted by molar-refractivity contribution is 5.72. The fourth-order valence-electron chi connectivity index (χ4n) is 1.78. The largest absolute Gasteiger partial charge is 0.491 e. The molecule has 5 heteroatoms. The normalized spacial score (nSPS) is 10.3. The van der Waals surface area contributed by atoms with Crippen molar-refractivity contribution in [3.8, 4) is 5.75 Å². The number of ether oxygens (including phenoxy) is 1. The molecule has 1 amide bonds. The fraction of sp³-hybridized carbons (Fsp3) is 0.533. The van der Waals surface area contributed by atoms with Crippen LogP contribution in [0.4, 0.5) is 5.69 Å². The predicted molar refractivity (Wildman–Crippen MR) is 81.9 cm³/mol. The average molecular weight is 279 g/mol. The lowest BCUT2D eigenvalue weighted by atomic mass is 10.1. The highest BCUT2D eigenvalue weighted by atomic mass is 16.5. The van der Waals surface area contributed by atoms with E-state index in [4.69, 9.17) is 10.5 Å². The molecule has 0 saturated carbocycles. The first-order valence-corrected chi connectivity index (χ1v) is 7.09. The van der Waals surface area contributed by atoms with Gasteiger partial charge >= 0.3 is 0 Å². The van der Waals surface area contributed by atoms with E-state index in [1.165, 1.54) is 12.5 Å². The number of anilines is 1. The van der Waals surface area contributed by atoms with Crippen LogP contribution in [0.2, 0.25) is 0 Å². The topological polar surface area (TPSA) is 76.4 Å². The Hall–Kier alpha value is -1.75. The van der Waals surface area contributed by atoms with E-state index in [0.29, 0.717) is 18.8 Å². The Morgan fingerprint density at radius 3 is 2.75 bits per heavy atom. The lowest BCUT2D eigenvalue weighted by Crippen LogP contribution is -2.31. The summed E-state index contributed by atoms with van der Waals surface area (Å²) in [5.41, 5.74) is 7.82. The second-order valence-electron chi connectivity index (χ2n) is 4.70. The second-order valence-corrected chi connectivity index (χ2v) is 4.70. The van der Waals surface area contributed by atoms with Gasteiger partial charge in [-0.05, 0) is 37.1 Å². The van der Waals surface area contributed by atoms with Gasteiger partial charge in [0, 0.05) is 20.0 Å². The third-order valence-electron chi connectivity index (χ3n) is 2.80. The van der Waals surface area contributed by atoms with E-state index < -0.39 is 0 Å². The molecule has 5 nitrogen and oxygen atoms in total. The number of nitrogens with two attached hydrogens (primary N) is 1. The van der Waals surface area contributed by atoms with Gasteiger partial charge in [-0.15, -0.1) is 0 Å². The van der Waals surface area contributed by atoms with Crippen LogP contribution in [0.25, 0.3) is 0 Å². The fourth-order valence-corrected chi connectivity index (χ4v) is 1.78. The molecule has 0 heterocycles. The maximum atomic E-state index is 10.7. The summed E-state index contributed by atoms with van der Waals surface area (Å²) in [7, 11) is 0. The molecule has 0 fully saturated rings. The van der Waals surface area contributed by atoms with E-state index >= 15 is 0 Å². The van der Waals surface area contributed by atoms with Crippen molar-refractivity contribution in [1.82, 2.24) is 10.6 Å². The summed E-state index contributed by atoms with van der Waals surface area (Å²) in [5, 5.41) is 6.01. The molecule has 0 spiro atoms. The summed E-state index contributed by atoms with van der Waals surface area (Å²) in [5.74, 6) is 0.761. The third kappa shape index (κ3) is 6.43. The number of amides is 1. The maximum absolute atomic E-state index is 10.7. The first kappa shape index (κ1) is 16.3. The van der Waals surface area contributed by atoms with Crippen LogP contribution in [0.3, 0.4) is 0 Å². The Bertz CT molecular complexity index is 422. The van der Waals surface area contributed by atoms with Gasteiger partial charge in [0.15, 0.2) is 0 Å². The number of benzene rings is 1. The molecule has 0 saturated heterocycles. The minimum absolute atomic E-state index is 0.00208. The molecule has 0 atom stereocenters. The molecule has 20 heavy (non-hydrogen) atoms. The molecule has 0 unspecified atom stereocenters. The molecule has 0 aliphatic heterocycles. The van der Waals surface area contributed by atoms with Crippen molar-refractivity contribution in [2.24, 2.45) is 0 Å². The number of carbonyl (C=O) groups is 1. The van der Waals surface area contributed by atoms with Crippen LogP contribution >= 0.6 is 0 Å². The Kier molecular flexibility index (Phi) is 7.50. The molecule has 112 valence electrons. The highest BCUT2D eigenvalue weighted by Crippen LogP contribution is 2.22. The maximum Gasteiger partial charge on any atom is 0.216 e. The van der Waals surface area contributed by atoms with E-state index in [1.807, 2.05) is 18.2 Å². The van der Waals surface area contributed by atoms with Crippen LogP contribution in [0.15, 0.2) is 18.2 Å². The Morgan fingerprint density at radius 1 is 1.30 bits per heavy atom. The van der Waals surface area contributed by atoms with E-state index in [-0.39, 0.29) is 5.91 Å². The predicted octanol–water partition coefficient (Wildman–Crippen LogP) is 1.33. The van der Waals surface area contributed by atoms with Gasteiger partial charge < -0.3 is 21.1 Å². The lowest BCUT2D eigenvalue weighted by Gasteiger charge is -2.10. The van der Waals surface area contributed by atoms with Crippen molar-refractivity contribution >= 4 is 11.6 Å². The van der Waals surface area contributed by atoms with Gasteiger partial charge in [-0.1, -0.05) is 13.0 Å². The first-order valence-electron chi connectivity index (χ1n) is 7.09. The van der Waals surface area contributed by atoms with Crippen molar-refractivity contribution in [2.75, 3.05) is 32.0 Å². The van der Waals surface area contributed by atoms with Crippen LogP contribution in [0, 0.1) is 0 Å². The van der Waals surface area contributed by atoms with Crippen molar-refractivity contribution < 1.29 is 9.53 Å². The van der Waals surface area contributed by atoms with E-state index in [2.05, 4.69) is 17.6 Å². The summed E-state index contributed by atoms with van der Waals surface area (Å²) >= 11 is 0. The number of carbonyl (C=O) groups excluding carboxylic acids is 1. The molecule has 1 rings (SSSR count). The molecule has 0 bridgehead atoms. The zero-order valence-corrected chi connectivity index (χ0v) is 12.4. The van der Waals surface area contributed by atoms with Crippen molar-refractivity contribution in [1.29, 1.82) is 0 Å². The van der Waals surface area contributed by atoms with Crippen molar-refractivity contribution in [3.63, 3.8) is 0 Å².